The van der Waals surface area contributed by atoms with Crippen LogP contribution < -0.4 is 0 Å². The summed E-state index contributed by atoms with van der Waals surface area (Å²) in [6.07, 6.45) is 8.65. The first-order valence-corrected chi connectivity index (χ1v) is 15.1. The number of hydrogen-bond acceptors (Lipinski definition) is 10. The second-order valence-electron chi connectivity index (χ2n) is 10.6. The number of ether oxygens (including phenoxy) is 4. The summed E-state index contributed by atoms with van der Waals surface area (Å²) in [5, 5.41) is 39.3. The maximum absolute atomic E-state index is 12.4. The van der Waals surface area contributed by atoms with Crippen LogP contribution in [0.3, 0.4) is 0 Å². The van der Waals surface area contributed by atoms with Gasteiger partial charge in [0, 0.05) is 12.8 Å². The molecule has 0 spiro atoms. The van der Waals surface area contributed by atoms with Crippen molar-refractivity contribution < 1.29 is 49.0 Å². The molecule has 0 aromatic carbocycles. The van der Waals surface area contributed by atoms with Crippen LogP contribution in [0.4, 0.5) is 0 Å². The summed E-state index contributed by atoms with van der Waals surface area (Å²) in [5.41, 5.74) is 0. The maximum atomic E-state index is 12.4. The van der Waals surface area contributed by atoms with E-state index in [4.69, 9.17) is 18.9 Å². The van der Waals surface area contributed by atoms with Crippen LogP contribution in [0.25, 0.3) is 0 Å². The normalized spacial score (nSPS) is 23.9. The van der Waals surface area contributed by atoms with E-state index < -0.39 is 55.4 Å². The van der Waals surface area contributed by atoms with Gasteiger partial charge in [-0.2, -0.15) is 0 Å². The molecule has 0 aliphatic carbocycles. The summed E-state index contributed by atoms with van der Waals surface area (Å²) in [4.78, 5) is 24.2. The Morgan fingerprint density at radius 2 is 1.26 bits per heavy atom. The van der Waals surface area contributed by atoms with Crippen molar-refractivity contribution in [2.75, 3.05) is 19.8 Å². The molecular formula is C29H54O10. The smallest absolute Gasteiger partial charge is 0.306 e. The van der Waals surface area contributed by atoms with Crippen molar-refractivity contribution in [1.29, 1.82) is 0 Å². The number of aliphatic hydroxyl groups excluding tert-OH is 4. The molecule has 1 aliphatic rings. The molecule has 0 aromatic heterocycles. The van der Waals surface area contributed by atoms with Crippen LogP contribution in [0.1, 0.15) is 117 Å². The molecule has 0 aromatic rings. The van der Waals surface area contributed by atoms with E-state index in [-0.39, 0.29) is 26.1 Å². The van der Waals surface area contributed by atoms with Gasteiger partial charge in [0.1, 0.15) is 31.0 Å². The first kappa shape index (κ1) is 35.7. The number of rotatable bonds is 23. The predicted molar refractivity (Wildman–Crippen MR) is 146 cm³/mol. The SMILES string of the molecule is CCCCCCCCCCCCCCCC(=O)OC(COC(=O)CCC)COC1OC(CO)C(O)C(O)C1O. The number of hydrogen-bond donors (Lipinski definition) is 4. The van der Waals surface area contributed by atoms with Crippen LogP contribution in [0.15, 0.2) is 0 Å². The maximum Gasteiger partial charge on any atom is 0.306 e. The first-order chi connectivity index (χ1) is 18.8. The third-order valence-corrected chi connectivity index (χ3v) is 6.96. The highest BCUT2D eigenvalue weighted by atomic mass is 16.7. The lowest BCUT2D eigenvalue weighted by Crippen LogP contribution is -2.59. The average Bonchev–Trinajstić information content (AvgIpc) is 2.92. The van der Waals surface area contributed by atoms with E-state index in [1.54, 1.807) is 0 Å². The van der Waals surface area contributed by atoms with Gasteiger partial charge in [-0.1, -0.05) is 90.9 Å². The molecule has 10 heteroatoms. The van der Waals surface area contributed by atoms with Crippen molar-refractivity contribution in [1.82, 2.24) is 0 Å². The summed E-state index contributed by atoms with van der Waals surface area (Å²) in [5.74, 6) is -0.866. The number of carbonyl (C=O) groups is 2. The third-order valence-electron chi connectivity index (χ3n) is 6.96. The summed E-state index contributed by atoms with van der Waals surface area (Å²) in [6.45, 7) is 3.00. The highest BCUT2D eigenvalue weighted by Crippen LogP contribution is 2.22. The molecule has 1 heterocycles. The minimum Gasteiger partial charge on any atom is -0.462 e. The van der Waals surface area contributed by atoms with Gasteiger partial charge in [-0.15, -0.1) is 0 Å². The zero-order chi connectivity index (χ0) is 28.9. The molecule has 0 radical (unpaired) electrons. The molecular weight excluding hydrogens is 508 g/mol. The quantitative estimate of drug-likeness (QED) is 0.107. The molecule has 6 unspecified atom stereocenters. The van der Waals surface area contributed by atoms with Crippen molar-refractivity contribution in [3.05, 3.63) is 0 Å². The fourth-order valence-electron chi connectivity index (χ4n) is 4.52. The Labute approximate surface area is 234 Å². The second-order valence-corrected chi connectivity index (χ2v) is 10.6. The Morgan fingerprint density at radius 3 is 1.79 bits per heavy atom. The molecule has 0 saturated carbocycles. The zero-order valence-electron chi connectivity index (χ0n) is 24.1. The van der Waals surface area contributed by atoms with Crippen LogP contribution >= 0.6 is 0 Å². The van der Waals surface area contributed by atoms with E-state index in [0.29, 0.717) is 12.8 Å². The lowest BCUT2D eigenvalue weighted by molar-refractivity contribution is -0.305. The van der Waals surface area contributed by atoms with E-state index in [9.17, 15) is 30.0 Å². The van der Waals surface area contributed by atoms with E-state index >= 15 is 0 Å². The second kappa shape index (κ2) is 22.4. The van der Waals surface area contributed by atoms with E-state index in [1.165, 1.54) is 57.8 Å². The molecule has 1 aliphatic heterocycles. The number of esters is 2. The van der Waals surface area contributed by atoms with Gasteiger partial charge in [0.05, 0.1) is 13.2 Å². The zero-order valence-corrected chi connectivity index (χ0v) is 24.1. The van der Waals surface area contributed by atoms with Gasteiger partial charge in [-0.05, 0) is 12.8 Å². The fourth-order valence-corrected chi connectivity index (χ4v) is 4.52. The molecule has 1 fully saturated rings. The Kier molecular flexibility index (Phi) is 20.5. The number of unbranched alkanes of at least 4 members (excludes halogenated alkanes) is 12. The van der Waals surface area contributed by atoms with Gasteiger partial charge >= 0.3 is 11.9 Å². The van der Waals surface area contributed by atoms with Gasteiger partial charge in [-0.3, -0.25) is 9.59 Å². The molecule has 6 atom stereocenters. The Morgan fingerprint density at radius 1 is 0.692 bits per heavy atom. The number of carbonyl (C=O) groups excluding carboxylic acids is 2. The monoisotopic (exact) mass is 562 g/mol. The van der Waals surface area contributed by atoms with Gasteiger partial charge in [0.15, 0.2) is 12.4 Å². The minimum atomic E-state index is -1.58. The summed E-state index contributed by atoms with van der Waals surface area (Å²) in [6, 6.07) is 0. The average molecular weight is 563 g/mol. The van der Waals surface area contributed by atoms with Crippen LogP contribution in [0.2, 0.25) is 0 Å². The molecule has 0 amide bonds. The van der Waals surface area contributed by atoms with E-state index in [2.05, 4.69) is 6.92 Å². The van der Waals surface area contributed by atoms with Crippen LogP contribution in [-0.2, 0) is 28.5 Å². The summed E-state index contributed by atoms with van der Waals surface area (Å²) < 4.78 is 21.5. The van der Waals surface area contributed by atoms with E-state index in [0.717, 1.165) is 19.3 Å². The van der Waals surface area contributed by atoms with Crippen molar-refractivity contribution in [3.63, 3.8) is 0 Å². The van der Waals surface area contributed by atoms with Crippen molar-refractivity contribution in [2.45, 2.75) is 153 Å². The topological polar surface area (TPSA) is 152 Å². The van der Waals surface area contributed by atoms with E-state index in [1.807, 2.05) is 6.92 Å². The van der Waals surface area contributed by atoms with Crippen LogP contribution in [0.5, 0.6) is 0 Å². The first-order valence-electron chi connectivity index (χ1n) is 15.1. The highest BCUT2D eigenvalue weighted by molar-refractivity contribution is 5.70. The van der Waals surface area contributed by atoms with Crippen molar-refractivity contribution in [3.8, 4) is 0 Å². The highest BCUT2D eigenvalue weighted by Gasteiger charge is 2.44. The molecule has 230 valence electrons. The van der Waals surface area contributed by atoms with Crippen molar-refractivity contribution >= 4 is 11.9 Å². The van der Waals surface area contributed by atoms with Gasteiger partial charge in [-0.25, -0.2) is 0 Å². The van der Waals surface area contributed by atoms with Gasteiger partial charge in [0.2, 0.25) is 0 Å². The molecule has 10 nitrogen and oxygen atoms in total. The predicted octanol–water partition coefficient (Wildman–Crippen LogP) is 3.54. The van der Waals surface area contributed by atoms with Gasteiger partial charge < -0.3 is 39.4 Å². The molecule has 0 bridgehead atoms. The Hall–Kier alpha value is -1.30. The minimum absolute atomic E-state index is 0.222. The van der Waals surface area contributed by atoms with Crippen molar-refractivity contribution in [2.24, 2.45) is 0 Å². The molecule has 1 saturated heterocycles. The lowest BCUT2D eigenvalue weighted by atomic mass is 9.99. The Balaban J connectivity index is 2.33. The molecule has 4 N–H and O–H groups in total. The largest absolute Gasteiger partial charge is 0.462 e. The fraction of sp³-hybridized carbons (Fsp3) is 0.931. The molecule has 1 rings (SSSR count). The molecule has 39 heavy (non-hydrogen) atoms. The summed E-state index contributed by atoms with van der Waals surface area (Å²) in [7, 11) is 0. The Bertz CT molecular complexity index is 629. The van der Waals surface area contributed by atoms with Crippen LogP contribution in [-0.4, -0.2) is 89.0 Å². The third kappa shape index (κ3) is 15.9. The van der Waals surface area contributed by atoms with Crippen LogP contribution in [0, 0.1) is 0 Å². The lowest BCUT2D eigenvalue weighted by Gasteiger charge is -2.39. The standard InChI is InChI=1S/C29H54O10/c1-3-5-6-7-8-9-10-11-12-13-14-15-16-18-25(32)38-22(20-36-24(31)17-4-2)21-37-29-28(35)27(34)26(33)23(19-30)39-29/h22-23,26-30,33-35H,3-21H2,1-2H3. The van der Waals surface area contributed by atoms with Gasteiger partial charge in [0.25, 0.3) is 0 Å². The number of aliphatic hydroxyl groups is 4. The summed E-state index contributed by atoms with van der Waals surface area (Å²) >= 11 is 0.